The first-order chi connectivity index (χ1) is 13.2. The van der Waals surface area contributed by atoms with E-state index in [-0.39, 0.29) is 0 Å². The molecule has 1 aliphatic rings. The zero-order valence-electron chi connectivity index (χ0n) is 16.9. The summed E-state index contributed by atoms with van der Waals surface area (Å²) in [5.41, 5.74) is -0.835. The molecule has 1 saturated heterocycles. The summed E-state index contributed by atoms with van der Waals surface area (Å²) < 4.78 is 6.41. The largest absolute Gasteiger partial charge is 0.481 e. The van der Waals surface area contributed by atoms with Crippen molar-refractivity contribution >= 4 is 5.97 Å². The van der Waals surface area contributed by atoms with E-state index in [2.05, 4.69) is 0 Å². The lowest BCUT2D eigenvalue weighted by Crippen LogP contribution is -2.64. The molecule has 4 nitrogen and oxygen atoms in total. The highest BCUT2D eigenvalue weighted by atomic mass is 16.5. The maximum atomic E-state index is 12.0. The molecule has 0 aromatic heterocycles. The Hall–Kier alpha value is -2.17. The van der Waals surface area contributed by atoms with Gasteiger partial charge in [0.25, 0.3) is 0 Å². The molecular weight excluding hydrogens is 352 g/mol. The highest BCUT2D eigenvalue weighted by Crippen LogP contribution is 2.46. The lowest BCUT2D eigenvalue weighted by molar-refractivity contribution is -0.263. The predicted molar refractivity (Wildman–Crippen MR) is 109 cm³/mol. The van der Waals surface area contributed by atoms with Crippen LogP contribution < -0.4 is 0 Å². The summed E-state index contributed by atoms with van der Waals surface area (Å²) in [6.07, 6.45) is 1.84. The van der Waals surface area contributed by atoms with Crippen LogP contribution in [0.4, 0.5) is 0 Å². The fraction of sp³-hybridized carbons (Fsp3) is 0.458. The Morgan fingerprint density at radius 1 is 1.00 bits per heavy atom. The van der Waals surface area contributed by atoms with Crippen molar-refractivity contribution in [2.45, 2.75) is 63.3 Å². The van der Waals surface area contributed by atoms with Gasteiger partial charge < -0.3 is 14.9 Å². The van der Waals surface area contributed by atoms with Crippen molar-refractivity contribution in [3.63, 3.8) is 0 Å². The number of aliphatic carboxylic acids is 1. The average molecular weight is 383 g/mol. The molecule has 3 rings (SSSR count). The second-order valence-electron chi connectivity index (χ2n) is 8.72. The first-order valence-electron chi connectivity index (χ1n) is 9.88. The van der Waals surface area contributed by atoms with Crippen LogP contribution in [0.5, 0.6) is 0 Å². The van der Waals surface area contributed by atoms with Crippen molar-refractivity contribution in [2.75, 3.05) is 0 Å². The molecular formula is C24H30O4. The van der Waals surface area contributed by atoms with Gasteiger partial charge in [-0.05, 0) is 44.7 Å². The molecule has 1 heterocycles. The number of rotatable bonds is 6. The second-order valence-corrected chi connectivity index (χ2v) is 8.72. The molecule has 4 heteroatoms. The van der Waals surface area contributed by atoms with Crippen molar-refractivity contribution in [1.29, 1.82) is 0 Å². The number of benzene rings is 2. The Labute approximate surface area is 167 Å². The predicted octanol–water partition coefficient (Wildman–Crippen LogP) is 4.25. The van der Waals surface area contributed by atoms with Crippen LogP contribution in [0.25, 0.3) is 0 Å². The smallest absolute Gasteiger partial charge is 0.309 e. The van der Waals surface area contributed by atoms with E-state index < -0.39 is 28.7 Å². The van der Waals surface area contributed by atoms with Gasteiger partial charge in [0.05, 0.1) is 17.1 Å². The van der Waals surface area contributed by atoms with E-state index in [1.54, 1.807) is 0 Å². The van der Waals surface area contributed by atoms with E-state index in [0.29, 0.717) is 25.7 Å². The van der Waals surface area contributed by atoms with Gasteiger partial charge in [0.15, 0.2) is 0 Å². The minimum atomic E-state index is -1.17. The molecule has 0 saturated carbocycles. The van der Waals surface area contributed by atoms with Gasteiger partial charge in [0.2, 0.25) is 0 Å². The number of carboxylic acids is 1. The summed E-state index contributed by atoms with van der Waals surface area (Å²) in [6, 6.07) is 19.8. The van der Waals surface area contributed by atoms with Crippen LogP contribution in [0, 0.1) is 5.92 Å². The first kappa shape index (κ1) is 20.6. The van der Waals surface area contributed by atoms with Crippen molar-refractivity contribution in [2.24, 2.45) is 5.92 Å². The lowest BCUT2D eigenvalue weighted by atomic mass is 9.68. The van der Waals surface area contributed by atoms with E-state index in [1.807, 2.05) is 81.4 Å². The Bertz CT molecular complexity index is 758. The van der Waals surface area contributed by atoms with Crippen molar-refractivity contribution < 1.29 is 19.7 Å². The monoisotopic (exact) mass is 382 g/mol. The molecule has 28 heavy (non-hydrogen) atoms. The first-order valence-corrected chi connectivity index (χ1v) is 9.88. The van der Waals surface area contributed by atoms with E-state index in [0.717, 1.165) is 11.1 Å². The number of aliphatic hydroxyl groups is 1. The van der Waals surface area contributed by atoms with Gasteiger partial charge in [-0.3, -0.25) is 4.79 Å². The Morgan fingerprint density at radius 2 is 1.46 bits per heavy atom. The number of ether oxygens (including phenoxy) is 1. The van der Waals surface area contributed by atoms with Gasteiger partial charge in [-0.2, -0.15) is 0 Å². The highest BCUT2D eigenvalue weighted by Gasteiger charge is 2.56. The standard InChI is InChI=1S/C24H30O4/c1-22(2)20(21(25)26)14-15-23(3,28-22)24(27,16-18-10-6-4-7-11-18)17-19-12-8-5-9-13-19/h4-13,20,27H,14-17H2,1-3H3,(H,25,26)/t20-,23-/m1/s1. The van der Waals surface area contributed by atoms with Crippen molar-refractivity contribution in [3.8, 4) is 0 Å². The minimum Gasteiger partial charge on any atom is -0.481 e. The molecule has 2 N–H and O–H groups in total. The molecule has 0 amide bonds. The summed E-state index contributed by atoms with van der Waals surface area (Å²) in [6.45, 7) is 5.56. The van der Waals surface area contributed by atoms with Crippen LogP contribution in [0.2, 0.25) is 0 Å². The summed E-state index contributed by atoms with van der Waals surface area (Å²) in [7, 11) is 0. The number of carbonyl (C=O) groups is 1. The van der Waals surface area contributed by atoms with Crippen LogP contribution >= 0.6 is 0 Å². The van der Waals surface area contributed by atoms with Crippen LogP contribution in [0.1, 0.15) is 44.7 Å². The molecule has 0 aliphatic carbocycles. The van der Waals surface area contributed by atoms with Crippen LogP contribution in [0.15, 0.2) is 60.7 Å². The SMILES string of the molecule is CC1(C)O[C@@](C)(C(O)(Cc2ccccc2)Cc2ccccc2)CC[C@@H]1C(=O)O. The summed E-state index contributed by atoms with van der Waals surface area (Å²) in [5.74, 6) is -1.43. The normalized spacial score (nSPS) is 24.6. The molecule has 2 aromatic carbocycles. The Balaban J connectivity index is 1.97. The quantitative estimate of drug-likeness (QED) is 0.784. The van der Waals surface area contributed by atoms with E-state index in [9.17, 15) is 15.0 Å². The third-order valence-corrected chi connectivity index (χ3v) is 6.20. The van der Waals surface area contributed by atoms with E-state index in [4.69, 9.17) is 4.74 Å². The molecule has 150 valence electrons. The van der Waals surface area contributed by atoms with Crippen LogP contribution in [-0.2, 0) is 22.4 Å². The molecule has 0 spiro atoms. The molecule has 2 atom stereocenters. The third-order valence-electron chi connectivity index (χ3n) is 6.20. The molecule has 1 fully saturated rings. The van der Waals surface area contributed by atoms with Gasteiger partial charge in [-0.25, -0.2) is 0 Å². The van der Waals surface area contributed by atoms with E-state index in [1.165, 1.54) is 0 Å². The van der Waals surface area contributed by atoms with Crippen LogP contribution in [-0.4, -0.2) is 33.0 Å². The van der Waals surface area contributed by atoms with Gasteiger partial charge in [-0.1, -0.05) is 60.7 Å². The molecule has 0 radical (unpaired) electrons. The van der Waals surface area contributed by atoms with Crippen LogP contribution in [0.3, 0.4) is 0 Å². The van der Waals surface area contributed by atoms with Crippen molar-refractivity contribution in [1.82, 2.24) is 0 Å². The average Bonchev–Trinajstić information content (AvgIpc) is 2.62. The van der Waals surface area contributed by atoms with Gasteiger partial charge in [-0.15, -0.1) is 0 Å². The summed E-state index contributed by atoms with van der Waals surface area (Å²) in [5, 5.41) is 21.6. The Morgan fingerprint density at radius 3 is 1.86 bits per heavy atom. The maximum absolute atomic E-state index is 12.0. The summed E-state index contributed by atoms with van der Waals surface area (Å²) in [4.78, 5) is 11.7. The minimum absolute atomic E-state index is 0.438. The fourth-order valence-electron chi connectivity index (χ4n) is 4.52. The third kappa shape index (κ3) is 4.13. The molecule has 1 aliphatic heterocycles. The second kappa shape index (κ2) is 7.69. The fourth-order valence-corrected chi connectivity index (χ4v) is 4.52. The highest BCUT2D eigenvalue weighted by molar-refractivity contribution is 5.71. The lowest BCUT2D eigenvalue weighted by Gasteiger charge is -2.54. The number of hydrogen-bond acceptors (Lipinski definition) is 3. The van der Waals surface area contributed by atoms with Gasteiger partial charge >= 0.3 is 5.97 Å². The molecule has 0 bridgehead atoms. The molecule has 0 unspecified atom stereocenters. The molecule has 2 aromatic rings. The van der Waals surface area contributed by atoms with E-state index >= 15 is 0 Å². The zero-order chi connectivity index (χ0) is 20.4. The number of carboxylic acid groups (broad SMARTS) is 1. The van der Waals surface area contributed by atoms with Crippen molar-refractivity contribution in [3.05, 3.63) is 71.8 Å². The zero-order valence-corrected chi connectivity index (χ0v) is 16.9. The number of hydrogen-bond donors (Lipinski definition) is 2. The maximum Gasteiger partial charge on any atom is 0.309 e. The van der Waals surface area contributed by atoms with Gasteiger partial charge in [0.1, 0.15) is 5.60 Å². The topological polar surface area (TPSA) is 66.8 Å². The summed E-state index contributed by atoms with van der Waals surface area (Å²) >= 11 is 0. The Kier molecular flexibility index (Phi) is 5.64. The van der Waals surface area contributed by atoms with Gasteiger partial charge in [0, 0.05) is 12.8 Å².